The summed E-state index contributed by atoms with van der Waals surface area (Å²) >= 11 is 0. The Hall–Kier alpha value is -1.94. The van der Waals surface area contributed by atoms with Crippen LogP contribution in [-0.2, 0) is 65.4 Å². The lowest BCUT2D eigenvalue weighted by molar-refractivity contribution is -0.161. The Morgan fingerprint density at radius 3 is 0.772 bits per heavy atom. The second kappa shape index (κ2) is 62.6. The van der Waals surface area contributed by atoms with Crippen LogP contribution in [0.2, 0.25) is 0 Å². The van der Waals surface area contributed by atoms with E-state index >= 15 is 0 Å². The van der Waals surface area contributed by atoms with Crippen LogP contribution in [0.3, 0.4) is 0 Å². The normalized spacial score (nSPS) is 14.8. The molecule has 0 saturated heterocycles. The summed E-state index contributed by atoms with van der Waals surface area (Å²) in [4.78, 5) is 72.7. The molecular formula is C73H142O17P2. The van der Waals surface area contributed by atoms with E-state index in [0.29, 0.717) is 25.7 Å². The summed E-state index contributed by atoms with van der Waals surface area (Å²) < 4.78 is 68.4. The van der Waals surface area contributed by atoms with Crippen LogP contribution >= 0.6 is 15.6 Å². The fraction of sp³-hybridized carbons (Fsp3) is 0.945. The molecular weight excluding hydrogens is 1210 g/mol. The van der Waals surface area contributed by atoms with Crippen molar-refractivity contribution in [3.05, 3.63) is 0 Å². The topological polar surface area (TPSA) is 237 Å². The molecule has 0 aromatic carbocycles. The van der Waals surface area contributed by atoms with Crippen LogP contribution in [0.4, 0.5) is 0 Å². The molecule has 17 nitrogen and oxygen atoms in total. The maximum atomic E-state index is 13.0. The van der Waals surface area contributed by atoms with E-state index in [1.165, 1.54) is 161 Å². The highest BCUT2D eigenvalue weighted by molar-refractivity contribution is 7.47. The Labute approximate surface area is 562 Å². The number of hydrogen-bond acceptors (Lipinski definition) is 15. The first-order chi connectivity index (χ1) is 44.2. The standard InChI is InChI=1S/C73H142O17P2/c1-9-65(7)51-43-35-27-21-16-18-24-30-40-48-56-73(78)90-69(60-84-71(76)54-46-38-32-31-36-44-52-66(8)10-2)62-88-92(81,82)86-58-67(74)57-85-91(79,80)87-61-68(89-72(77)55-47-39-29-23-17-15-20-26-34-42-50-64(5)6)59-83-70(75)53-45-37-28-22-14-12-11-13-19-25-33-41-49-63(3)4/h63-69,74H,9-62H2,1-8H3,(H,79,80)(H,81,82)/t65?,66?,67-,68-,69-/m1/s1. The van der Waals surface area contributed by atoms with Gasteiger partial charge in [0.05, 0.1) is 26.4 Å². The van der Waals surface area contributed by atoms with Gasteiger partial charge in [0.25, 0.3) is 0 Å². The quantitative estimate of drug-likeness (QED) is 0.0222. The fourth-order valence-corrected chi connectivity index (χ4v) is 12.5. The number of esters is 4. The van der Waals surface area contributed by atoms with E-state index in [9.17, 15) is 43.2 Å². The number of hydrogen-bond donors (Lipinski definition) is 3. The zero-order valence-corrected chi connectivity index (χ0v) is 62.0. The third kappa shape index (κ3) is 64.1. The number of unbranched alkanes of at least 4 members (excludes halogenated alkanes) is 34. The average molecular weight is 1350 g/mol. The van der Waals surface area contributed by atoms with Gasteiger partial charge in [-0.3, -0.25) is 37.3 Å². The molecule has 0 fully saturated rings. The van der Waals surface area contributed by atoms with Gasteiger partial charge in [-0.15, -0.1) is 0 Å². The molecule has 546 valence electrons. The number of carbonyl (C=O) groups excluding carboxylic acids is 4. The van der Waals surface area contributed by atoms with Gasteiger partial charge < -0.3 is 33.8 Å². The van der Waals surface area contributed by atoms with Crippen molar-refractivity contribution in [1.29, 1.82) is 0 Å². The molecule has 0 amide bonds. The number of ether oxygens (including phenoxy) is 4. The van der Waals surface area contributed by atoms with Crippen molar-refractivity contribution in [2.45, 2.75) is 382 Å². The zero-order chi connectivity index (χ0) is 68.2. The Bertz CT molecular complexity index is 1820. The van der Waals surface area contributed by atoms with E-state index in [1.54, 1.807) is 0 Å². The minimum Gasteiger partial charge on any atom is -0.462 e. The van der Waals surface area contributed by atoms with Gasteiger partial charge in [0.15, 0.2) is 12.2 Å². The van der Waals surface area contributed by atoms with Gasteiger partial charge in [-0.05, 0) is 49.4 Å². The molecule has 19 heteroatoms. The van der Waals surface area contributed by atoms with Crippen molar-refractivity contribution in [1.82, 2.24) is 0 Å². The molecule has 0 spiro atoms. The highest BCUT2D eigenvalue weighted by Crippen LogP contribution is 2.45. The summed E-state index contributed by atoms with van der Waals surface area (Å²) in [5.74, 6) is 0.942. The third-order valence-electron chi connectivity index (χ3n) is 17.5. The summed E-state index contributed by atoms with van der Waals surface area (Å²) in [6.07, 6.45) is 45.7. The van der Waals surface area contributed by atoms with Crippen LogP contribution in [0.5, 0.6) is 0 Å². The second-order valence-electron chi connectivity index (χ2n) is 27.8. The average Bonchev–Trinajstić information content (AvgIpc) is 2.53. The van der Waals surface area contributed by atoms with Crippen LogP contribution in [0.25, 0.3) is 0 Å². The van der Waals surface area contributed by atoms with Crippen molar-refractivity contribution in [3.8, 4) is 0 Å². The van der Waals surface area contributed by atoms with Crippen LogP contribution in [0.1, 0.15) is 364 Å². The fourth-order valence-electron chi connectivity index (χ4n) is 11.0. The van der Waals surface area contributed by atoms with Crippen LogP contribution in [-0.4, -0.2) is 96.7 Å². The van der Waals surface area contributed by atoms with E-state index in [-0.39, 0.29) is 25.7 Å². The number of rotatable bonds is 70. The second-order valence-corrected chi connectivity index (χ2v) is 30.7. The molecule has 0 bridgehead atoms. The Morgan fingerprint density at radius 2 is 0.522 bits per heavy atom. The molecule has 0 aromatic heterocycles. The number of aliphatic hydroxyl groups excluding tert-OH is 1. The third-order valence-corrected chi connectivity index (χ3v) is 19.4. The SMILES string of the molecule is CCC(C)CCCCCCCCCCCCC(=O)O[C@H](COC(=O)CCCCCCCCC(C)CC)COP(=O)(O)OC[C@H](O)COP(=O)(O)OC[C@@H](COC(=O)CCCCCCCCCCCCCCC(C)C)OC(=O)CCCCCCCCCCCCC(C)C. The van der Waals surface area contributed by atoms with Gasteiger partial charge in [-0.1, -0.05) is 312 Å². The lowest BCUT2D eigenvalue weighted by atomic mass is 9.99. The largest absolute Gasteiger partial charge is 0.472 e. The van der Waals surface area contributed by atoms with Gasteiger partial charge in [0.2, 0.25) is 0 Å². The van der Waals surface area contributed by atoms with E-state index in [0.717, 1.165) is 120 Å². The maximum Gasteiger partial charge on any atom is 0.472 e. The van der Waals surface area contributed by atoms with E-state index < -0.39 is 97.5 Å². The maximum absolute atomic E-state index is 13.0. The summed E-state index contributed by atoms with van der Waals surface area (Å²) in [6, 6.07) is 0. The monoisotopic (exact) mass is 1350 g/mol. The van der Waals surface area contributed by atoms with Gasteiger partial charge >= 0.3 is 39.5 Å². The van der Waals surface area contributed by atoms with E-state index in [1.807, 2.05) is 0 Å². The minimum absolute atomic E-state index is 0.105. The van der Waals surface area contributed by atoms with Crippen molar-refractivity contribution in [2.24, 2.45) is 23.7 Å². The van der Waals surface area contributed by atoms with Crippen LogP contribution in [0.15, 0.2) is 0 Å². The molecule has 3 N–H and O–H groups in total. The summed E-state index contributed by atoms with van der Waals surface area (Å²) in [7, 11) is -9.91. The Morgan fingerprint density at radius 1 is 0.304 bits per heavy atom. The molecule has 4 unspecified atom stereocenters. The smallest absolute Gasteiger partial charge is 0.462 e. The summed E-state index contributed by atoms with van der Waals surface area (Å²) in [5, 5.41) is 10.6. The molecule has 0 aromatic rings. The first kappa shape index (κ1) is 90.1. The number of phosphoric ester groups is 2. The van der Waals surface area contributed by atoms with Crippen molar-refractivity contribution in [3.63, 3.8) is 0 Å². The van der Waals surface area contributed by atoms with Crippen LogP contribution < -0.4 is 0 Å². The van der Waals surface area contributed by atoms with Gasteiger partial charge in [0.1, 0.15) is 19.3 Å². The van der Waals surface area contributed by atoms with Gasteiger partial charge in [-0.2, -0.15) is 0 Å². The van der Waals surface area contributed by atoms with E-state index in [4.69, 9.17) is 37.0 Å². The lowest BCUT2D eigenvalue weighted by Crippen LogP contribution is -2.30. The Kier molecular flexibility index (Phi) is 61.3. The minimum atomic E-state index is -4.96. The Balaban J connectivity index is 5.27. The molecule has 92 heavy (non-hydrogen) atoms. The highest BCUT2D eigenvalue weighted by atomic mass is 31.2. The molecule has 7 atom stereocenters. The summed E-state index contributed by atoms with van der Waals surface area (Å²) in [5.41, 5.74) is 0. The van der Waals surface area contributed by atoms with Gasteiger partial charge in [-0.25, -0.2) is 9.13 Å². The summed E-state index contributed by atoms with van der Waals surface area (Å²) in [6.45, 7) is 14.2. The molecule has 0 saturated carbocycles. The predicted octanol–water partition coefficient (Wildman–Crippen LogP) is 20.9. The molecule has 0 aliphatic rings. The zero-order valence-electron chi connectivity index (χ0n) is 60.2. The first-order valence-corrected chi connectivity index (χ1v) is 40.8. The van der Waals surface area contributed by atoms with Crippen LogP contribution in [0, 0.1) is 23.7 Å². The molecule has 0 aliphatic heterocycles. The molecule has 0 radical (unpaired) electrons. The van der Waals surface area contributed by atoms with Crippen molar-refractivity contribution < 1.29 is 80.2 Å². The number of phosphoric acid groups is 2. The predicted molar refractivity (Wildman–Crippen MR) is 372 cm³/mol. The first-order valence-electron chi connectivity index (χ1n) is 37.8. The number of aliphatic hydroxyl groups is 1. The number of carbonyl (C=O) groups is 4. The molecule has 0 aliphatic carbocycles. The molecule has 0 rings (SSSR count). The lowest BCUT2D eigenvalue weighted by Gasteiger charge is -2.21. The highest BCUT2D eigenvalue weighted by Gasteiger charge is 2.30. The van der Waals surface area contributed by atoms with Gasteiger partial charge in [0, 0.05) is 25.7 Å². The van der Waals surface area contributed by atoms with E-state index in [2.05, 4.69) is 55.4 Å². The van der Waals surface area contributed by atoms with Crippen molar-refractivity contribution in [2.75, 3.05) is 39.6 Å². The molecule has 0 heterocycles. The van der Waals surface area contributed by atoms with Crippen molar-refractivity contribution >= 4 is 39.5 Å².